The van der Waals surface area contributed by atoms with Crippen molar-refractivity contribution in [2.75, 3.05) is 40.5 Å². The highest BCUT2D eigenvalue weighted by atomic mass is 32.2. The molecule has 0 aliphatic rings. The predicted molar refractivity (Wildman–Crippen MR) is 62.2 cm³/mol. The van der Waals surface area contributed by atoms with Gasteiger partial charge in [-0.05, 0) is 0 Å². The number of carboxylic acid groups (broad SMARTS) is 1. The molecule has 0 saturated carbocycles. The smallest absolute Gasteiger partial charge is 0.359 e. The van der Waals surface area contributed by atoms with Crippen LogP contribution < -0.4 is 4.90 Å². The minimum Gasteiger partial charge on any atom is -0.477 e. The zero-order valence-corrected chi connectivity index (χ0v) is 11.5. The molecular weight excluding hydrogens is 248 g/mol. The van der Waals surface area contributed by atoms with Gasteiger partial charge in [0.05, 0.1) is 40.4 Å². The third-order valence-electron chi connectivity index (χ3n) is 2.70. The van der Waals surface area contributed by atoms with Crippen LogP contribution >= 0.6 is 0 Å². The van der Waals surface area contributed by atoms with Gasteiger partial charge in [-0.3, -0.25) is 13.9 Å². The van der Waals surface area contributed by atoms with Gasteiger partial charge >= 0.3 is 5.97 Å². The van der Waals surface area contributed by atoms with Crippen molar-refractivity contribution >= 4 is 16.1 Å². The standard InChI is InChI=1S/C9H20N2O5S/c1-10(2)8(5-6-17(14,15)16)11(3,4)7-9(12)13/h8H,5-7H2,1-4H3,(H-,12,13,14,15,16)/p+2. The Labute approximate surface area is 102 Å². The van der Waals surface area contributed by atoms with Crippen LogP contribution in [-0.2, 0) is 14.9 Å². The number of likely N-dealkylation sites (N-methyl/N-ethyl adjacent to an activating group) is 1. The van der Waals surface area contributed by atoms with Crippen molar-refractivity contribution < 1.29 is 32.3 Å². The van der Waals surface area contributed by atoms with Crippen molar-refractivity contribution in [1.29, 1.82) is 0 Å². The molecule has 102 valence electrons. The van der Waals surface area contributed by atoms with E-state index >= 15 is 0 Å². The lowest BCUT2D eigenvalue weighted by Gasteiger charge is -2.37. The Morgan fingerprint density at radius 2 is 1.82 bits per heavy atom. The van der Waals surface area contributed by atoms with E-state index in [1.807, 2.05) is 14.1 Å². The molecule has 1 atom stereocenters. The number of carbonyl (C=O) groups is 1. The molecule has 0 rings (SSSR count). The maximum Gasteiger partial charge on any atom is 0.359 e. The van der Waals surface area contributed by atoms with Crippen LogP contribution in [0.2, 0.25) is 0 Å². The molecule has 0 saturated heterocycles. The van der Waals surface area contributed by atoms with Gasteiger partial charge in [-0.2, -0.15) is 8.42 Å². The number of hydrogen-bond donors (Lipinski definition) is 3. The summed E-state index contributed by atoms with van der Waals surface area (Å²) in [6.45, 7) is -0.0959. The molecule has 0 aromatic heterocycles. The summed E-state index contributed by atoms with van der Waals surface area (Å²) < 4.78 is 30.4. The zero-order valence-electron chi connectivity index (χ0n) is 10.7. The van der Waals surface area contributed by atoms with Gasteiger partial charge in [0.15, 0.2) is 6.54 Å². The van der Waals surface area contributed by atoms with Crippen molar-refractivity contribution in [3.05, 3.63) is 0 Å². The summed E-state index contributed by atoms with van der Waals surface area (Å²) in [5.41, 5.74) is 0. The molecule has 0 aromatic rings. The lowest BCUT2D eigenvalue weighted by Crippen LogP contribution is -3.13. The summed E-state index contributed by atoms with van der Waals surface area (Å²) in [6.07, 6.45) is -0.00502. The van der Waals surface area contributed by atoms with Gasteiger partial charge in [0, 0.05) is 0 Å². The lowest BCUT2D eigenvalue weighted by atomic mass is 10.2. The first-order chi connectivity index (χ1) is 7.46. The zero-order chi connectivity index (χ0) is 13.9. The Morgan fingerprint density at radius 3 is 2.12 bits per heavy atom. The molecule has 0 aliphatic carbocycles. The fraction of sp³-hybridized carbons (Fsp3) is 0.889. The maximum absolute atomic E-state index is 10.8. The molecule has 1 unspecified atom stereocenters. The summed E-state index contributed by atoms with van der Waals surface area (Å²) >= 11 is 0. The molecule has 0 amide bonds. The van der Waals surface area contributed by atoms with E-state index in [1.54, 1.807) is 14.1 Å². The Hall–Kier alpha value is -0.700. The van der Waals surface area contributed by atoms with Crippen molar-refractivity contribution in [3.8, 4) is 0 Å². The Kier molecular flexibility index (Phi) is 5.53. The van der Waals surface area contributed by atoms with Crippen LogP contribution in [0.5, 0.6) is 0 Å². The van der Waals surface area contributed by atoms with Gasteiger partial charge in [0.25, 0.3) is 10.1 Å². The monoisotopic (exact) mass is 270 g/mol. The van der Waals surface area contributed by atoms with Gasteiger partial charge < -0.3 is 5.11 Å². The largest absolute Gasteiger partial charge is 0.477 e. The van der Waals surface area contributed by atoms with Crippen LogP contribution in [0.15, 0.2) is 0 Å². The van der Waals surface area contributed by atoms with Gasteiger partial charge in [-0.25, -0.2) is 4.79 Å². The van der Waals surface area contributed by atoms with E-state index in [-0.39, 0.29) is 29.4 Å². The van der Waals surface area contributed by atoms with Gasteiger partial charge in [0.2, 0.25) is 6.17 Å². The predicted octanol–water partition coefficient (Wildman–Crippen LogP) is -2.10. The van der Waals surface area contributed by atoms with Crippen LogP contribution in [-0.4, -0.2) is 75.2 Å². The van der Waals surface area contributed by atoms with E-state index in [0.29, 0.717) is 0 Å². The Morgan fingerprint density at radius 1 is 1.35 bits per heavy atom. The summed E-state index contributed by atoms with van der Waals surface area (Å²) in [5.74, 6) is -1.29. The first kappa shape index (κ1) is 16.3. The molecule has 0 bridgehead atoms. The SMILES string of the molecule is C[NH+](C)C(CCS(=O)(=O)O)[N+](C)(C)CC(=O)O. The van der Waals surface area contributed by atoms with Gasteiger partial charge in [-0.1, -0.05) is 0 Å². The highest BCUT2D eigenvalue weighted by molar-refractivity contribution is 7.85. The quantitative estimate of drug-likeness (QED) is 0.280. The van der Waals surface area contributed by atoms with E-state index in [2.05, 4.69) is 0 Å². The number of carboxylic acids is 1. The van der Waals surface area contributed by atoms with Crippen LogP contribution in [0, 0.1) is 0 Å². The second-order valence-corrected chi connectivity index (χ2v) is 6.57. The number of rotatable bonds is 7. The fourth-order valence-electron chi connectivity index (χ4n) is 2.06. The van der Waals surface area contributed by atoms with E-state index in [1.165, 1.54) is 0 Å². The van der Waals surface area contributed by atoms with Crippen LogP contribution in [0.25, 0.3) is 0 Å². The van der Waals surface area contributed by atoms with Gasteiger partial charge in [0.1, 0.15) is 0 Å². The average Bonchev–Trinajstić information content (AvgIpc) is 1.96. The molecule has 0 aromatic carbocycles. The third kappa shape index (κ3) is 6.57. The van der Waals surface area contributed by atoms with E-state index in [4.69, 9.17) is 9.66 Å². The van der Waals surface area contributed by atoms with Crippen molar-refractivity contribution in [2.45, 2.75) is 12.6 Å². The first-order valence-electron chi connectivity index (χ1n) is 5.25. The Balaban J connectivity index is 4.79. The van der Waals surface area contributed by atoms with Crippen LogP contribution in [0.3, 0.4) is 0 Å². The normalized spacial score (nSPS) is 14.9. The number of quaternary nitrogens is 2. The third-order valence-corrected chi connectivity index (χ3v) is 3.45. The van der Waals surface area contributed by atoms with Crippen molar-refractivity contribution in [1.82, 2.24) is 0 Å². The topological polar surface area (TPSA) is 96.1 Å². The van der Waals surface area contributed by atoms with E-state index in [9.17, 15) is 13.2 Å². The summed E-state index contributed by atoms with van der Waals surface area (Å²) in [5, 5.41) is 8.82. The molecule has 0 radical (unpaired) electrons. The maximum atomic E-state index is 10.8. The molecule has 8 heteroatoms. The Bertz CT molecular complexity index is 364. The molecule has 0 fully saturated rings. The molecule has 3 N–H and O–H groups in total. The molecule has 0 spiro atoms. The van der Waals surface area contributed by atoms with Gasteiger partial charge in [-0.15, -0.1) is 0 Å². The van der Waals surface area contributed by atoms with E-state index in [0.717, 1.165) is 4.90 Å². The second-order valence-electron chi connectivity index (χ2n) is 5.00. The molecule has 0 aliphatic heterocycles. The molecule has 7 nitrogen and oxygen atoms in total. The fourth-order valence-corrected chi connectivity index (χ4v) is 2.58. The highest BCUT2D eigenvalue weighted by Crippen LogP contribution is 2.06. The minimum absolute atomic E-state index is 0.0959. The van der Waals surface area contributed by atoms with E-state index < -0.39 is 16.1 Å². The molecule has 0 heterocycles. The molecule has 17 heavy (non-hydrogen) atoms. The summed E-state index contributed by atoms with van der Waals surface area (Å²) in [6, 6.07) is 0. The number of hydrogen-bond acceptors (Lipinski definition) is 3. The summed E-state index contributed by atoms with van der Waals surface area (Å²) in [7, 11) is 3.11. The average molecular weight is 270 g/mol. The summed E-state index contributed by atoms with van der Waals surface area (Å²) in [4.78, 5) is 11.7. The second kappa shape index (κ2) is 5.76. The highest BCUT2D eigenvalue weighted by Gasteiger charge is 2.36. The number of nitrogens with zero attached hydrogens (tertiary/aromatic N) is 1. The number of aliphatic carboxylic acids is 1. The first-order valence-corrected chi connectivity index (χ1v) is 6.86. The lowest BCUT2D eigenvalue weighted by molar-refractivity contribution is -1.09. The number of nitrogens with one attached hydrogen (secondary N) is 1. The van der Waals surface area contributed by atoms with Crippen molar-refractivity contribution in [2.24, 2.45) is 0 Å². The molecular formula is C9H22N2O5S+2. The van der Waals surface area contributed by atoms with Crippen LogP contribution in [0.4, 0.5) is 0 Å². The minimum atomic E-state index is -4.01. The van der Waals surface area contributed by atoms with Crippen molar-refractivity contribution in [3.63, 3.8) is 0 Å². The van der Waals surface area contributed by atoms with Crippen LogP contribution in [0.1, 0.15) is 6.42 Å².